The second-order valence-electron chi connectivity index (χ2n) is 5.14. The molecule has 0 aliphatic carbocycles. The van der Waals surface area contributed by atoms with Crippen molar-refractivity contribution >= 4 is 12.0 Å². The number of aromatic nitrogens is 1. The third kappa shape index (κ3) is 4.53. The van der Waals surface area contributed by atoms with Crippen molar-refractivity contribution in [1.29, 1.82) is 0 Å². The number of nitrogens with one attached hydrogen (secondary N) is 1. The summed E-state index contributed by atoms with van der Waals surface area (Å²) < 4.78 is 0. The van der Waals surface area contributed by atoms with Crippen molar-refractivity contribution in [3.05, 3.63) is 29.6 Å². The lowest BCUT2D eigenvalue weighted by molar-refractivity contribution is -0.140. The van der Waals surface area contributed by atoms with Crippen molar-refractivity contribution in [3.8, 4) is 0 Å². The van der Waals surface area contributed by atoms with Gasteiger partial charge >= 0.3 is 12.0 Å². The molecule has 2 amide bonds. The summed E-state index contributed by atoms with van der Waals surface area (Å²) in [6, 6.07) is 4.26. The SMILES string of the molecule is Cc1cccc(CN(C)C(=O)N[C@@H](C(=O)O)C(C)C)n1. The van der Waals surface area contributed by atoms with E-state index in [2.05, 4.69) is 10.3 Å². The Kier molecular flexibility index (Phi) is 5.49. The summed E-state index contributed by atoms with van der Waals surface area (Å²) in [4.78, 5) is 28.8. The summed E-state index contributed by atoms with van der Waals surface area (Å²) in [7, 11) is 1.61. The number of pyridine rings is 1. The van der Waals surface area contributed by atoms with E-state index in [0.29, 0.717) is 6.54 Å². The molecule has 1 heterocycles. The lowest BCUT2D eigenvalue weighted by atomic mass is 10.1. The van der Waals surface area contributed by atoms with Crippen LogP contribution in [0.3, 0.4) is 0 Å². The third-order valence-electron chi connectivity index (χ3n) is 2.90. The van der Waals surface area contributed by atoms with E-state index in [1.165, 1.54) is 4.90 Å². The first-order valence-corrected chi connectivity index (χ1v) is 6.48. The number of carbonyl (C=O) groups excluding carboxylic acids is 1. The largest absolute Gasteiger partial charge is 0.480 e. The number of rotatable bonds is 5. The van der Waals surface area contributed by atoms with Crippen LogP contribution in [-0.2, 0) is 11.3 Å². The third-order valence-corrected chi connectivity index (χ3v) is 2.90. The highest BCUT2D eigenvalue weighted by atomic mass is 16.4. The Labute approximate surface area is 118 Å². The van der Waals surface area contributed by atoms with Gasteiger partial charge in [0.2, 0.25) is 0 Å². The first kappa shape index (κ1) is 15.9. The molecule has 6 heteroatoms. The van der Waals surface area contributed by atoms with Crippen LogP contribution in [0.4, 0.5) is 4.79 Å². The molecule has 0 radical (unpaired) electrons. The molecule has 1 rings (SSSR count). The average Bonchev–Trinajstić information content (AvgIpc) is 2.34. The molecular formula is C14H21N3O3. The van der Waals surface area contributed by atoms with Crippen LogP contribution in [0.25, 0.3) is 0 Å². The summed E-state index contributed by atoms with van der Waals surface area (Å²) in [6.07, 6.45) is 0. The maximum absolute atomic E-state index is 12.0. The fourth-order valence-electron chi connectivity index (χ4n) is 1.76. The predicted molar refractivity (Wildman–Crippen MR) is 75.2 cm³/mol. The Morgan fingerprint density at radius 3 is 2.55 bits per heavy atom. The highest BCUT2D eigenvalue weighted by Crippen LogP contribution is 2.05. The first-order valence-electron chi connectivity index (χ1n) is 6.48. The number of aryl methyl sites for hydroxylation is 1. The molecule has 110 valence electrons. The van der Waals surface area contributed by atoms with Crippen LogP contribution in [-0.4, -0.2) is 40.1 Å². The van der Waals surface area contributed by atoms with Gasteiger partial charge in [-0.1, -0.05) is 19.9 Å². The zero-order valence-electron chi connectivity index (χ0n) is 12.3. The molecule has 2 N–H and O–H groups in total. The molecule has 1 aromatic rings. The Hall–Kier alpha value is -2.11. The van der Waals surface area contributed by atoms with Gasteiger partial charge in [0, 0.05) is 12.7 Å². The number of carboxylic acids is 1. The summed E-state index contributed by atoms with van der Waals surface area (Å²) in [5.41, 5.74) is 1.64. The molecule has 20 heavy (non-hydrogen) atoms. The van der Waals surface area contributed by atoms with Gasteiger partial charge in [-0.05, 0) is 25.0 Å². The predicted octanol–water partition coefficient (Wildman–Crippen LogP) is 1.64. The van der Waals surface area contributed by atoms with Gasteiger partial charge in [0.05, 0.1) is 12.2 Å². The normalized spacial score (nSPS) is 12.1. The van der Waals surface area contributed by atoms with Crippen LogP contribution < -0.4 is 5.32 Å². The molecule has 6 nitrogen and oxygen atoms in total. The van der Waals surface area contributed by atoms with Gasteiger partial charge < -0.3 is 15.3 Å². The molecule has 1 atom stereocenters. The standard InChI is InChI=1S/C14H21N3O3/c1-9(2)12(13(18)19)16-14(20)17(4)8-11-7-5-6-10(3)15-11/h5-7,9,12H,8H2,1-4H3,(H,16,20)(H,18,19)/t12-/m1/s1. The zero-order chi connectivity index (χ0) is 15.3. The molecule has 0 aliphatic heterocycles. The summed E-state index contributed by atoms with van der Waals surface area (Å²) in [5, 5.41) is 11.6. The topological polar surface area (TPSA) is 82.5 Å². The van der Waals surface area contributed by atoms with Crippen LogP contribution >= 0.6 is 0 Å². The highest BCUT2D eigenvalue weighted by Gasteiger charge is 2.24. The van der Waals surface area contributed by atoms with Crippen molar-refractivity contribution in [2.75, 3.05) is 7.05 Å². The van der Waals surface area contributed by atoms with Crippen molar-refractivity contribution < 1.29 is 14.7 Å². The van der Waals surface area contributed by atoms with E-state index < -0.39 is 18.0 Å². The molecule has 0 bridgehead atoms. The van der Waals surface area contributed by atoms with Crippen LogP contribution in [0.15, 0.2) is 18.2 Å². The second kappa shape index (κ2) is 6.88. The average molecular weight is 279 g/mol. The number of amides is 2. The smallest absolute Gasteiger partial charge is 0.326 e. The van der Waals surface area contributed by atoms with Gasteiger partial charge in [-0.25, -0.2) is 9.59 Å². The van der Waals surface area contributed by atoms with Crippen LogP contribution in [0.2, 0.25) is 0 Å². The summed E-state index contributed by atoms with van der Waals surface area (Å²) in [5.74, 6) is -1.21. The van der Waals surface area contributed by atoms with Gasteiger partial charge in [-0.2, -0.15) is 0 Å². The van der Waals surface area contributed by atoms with Crippen LogP contribution in [0.5, 0.6) is 0 Å². The molecule has 0 unspecified atom stereocenters. The summed E-state index contributed by atoms with van der Waals surface area (Å²) >= 11 is 0. The minimum Gasteiger partial charge on any atom is -0.480 e. The lowest BCUT2D eigenvalue weighted by Gasteiger charge is -2.23. The number of nitrogens with zero attached hydrogens (tertiary/aromatic N) is 2. The molecule has 0 saturated carbocycles. The second-order valence-corrected chi connectivity index (χ2v) is 5.14. The molecule has 0 saturated heterocycles. The maximum atomic E-state index is 12.0. The van der Waals surface area contributed by atoms with Gasteiger partial charge in [-0.3, -0.25) is 4.98 Å². The lowest BCUT2D eigenvalue weighted by Crippen LogP contribution is -2.48. The van der Waals surface area contributed by atoms with Crippen LogP contribution in [0.1, 0.15) is 25.2 Å². The van der Waals surface area contributed by atoms with E-state index in [-0.39, 0.29) is 5.92 Å². The Bertz CT molecular complexity index is 488. The molecule has 0 aromatic carbocycles. The number of carboxylic acid groups (broad SMARTS) is 1. The Morgan fingerprint density at radius 2 is 2.05 bits per heavy atom. The fraction of sp³-hybridized carbons (Fsp3) is 0.500. The minimum atomic E-state index is -1.03. The fourth-order valence-corrected chi connectivity index (χ4v) is 1.76. The Morgan fingerprint density at radius 1 is 1.40 bits per heavy atom. The molecule has 1 aromatic heterocycles. The van der Waals surface area contributed by atoms with E-state index in [9.17, 15) is 9.59 Å². The van der Waals surface area contributed by atoms with Gasteiger partial charge in [0.15, 0.2) is 0 Å². The van der Waals surface area contributed by atoms with E-state index >= 15 is 0 Å². The number of hydrogen-bond donors (Lipinski definition) is 2. The van der Waals surface area contributed by atoms with Crippen molar-refractivity contribution in [2.45, 2.75) is 33.4 Å². The van der Waals surface area contributed by atoms with E-state index in [1.807, 2.05) is 25.1 Å². The zero-order valence-corrected chi connectivity index (χ0v) is 12.3. The number of urea groups is 1. The number of hydrogen-bond acceptors (Lipinski definition) is 3. The van der Waals surface area contributed by atoms with E-state index in [4.69, 9.17) is 5.11 Å². The number of aliphatic carboxylic acids is 1. The maximum Gasteiger partial charge on any atom is 0.326 e. The number of carbonyl (C=O) groups is 2. The van der Waals surface area contributed by atoms with E-state index in [1.54, 1.807) is 20.9 Å². The monoisotopic (exact) mass is 279 g/mol. The van der Waals surface area contributed by atoms with Gasteiger partial charge in [-0.15, -0.1) is 0 Å². The van der Waals surface area contributed by atoms with E-state index in [0.717, 1.165) is 11.4 Å². The first-order chi connectivity index (χ1) is 9.31. The molecule has 0 spiro atoms. The van der Waals surface area contributed by atoms with Crippen molar-refractivity contribution in [3.63, 3.8) is 0 Å². The summed E-state index contributed by atoms with van der Waals surface area (Å²) in [6.45, 7) is 5.71. The molecule has 0 aliphatic rings. The highest BCUT2D eigenvalue weighted by molar-refractivity contribution is 5.82. The van der Waals surface area contributed by atoms with Gasteiger partial charge in [0.1, 0.15) is 6.04 Å². The quantitative estimate of drug-likeness (QED) is 0.858. The van der Waals surface area contributed by atoms with Crippen LogP contribution in [0, 0.1) is 12.8 Å². The Balaban J connectivity index is 2.65. The van der Waals surface area contributed by atoms with Crippen molar-refractivity contribution in [2.24, 2.45) is 5.92 Å². The van der Waals surface area contributed by atoms with Gasteiger partial charge in [0.25, 0.3) is 0 Å². The molecule has 0 fully saturated rings. The molecular weight excluding hydrogens is 258 g/mol. The minimum absolute atomic E-state index is 0.179. The van der Waals surface area contributed by atoms with Crippen molar-refractivity contribution in [1.82, 2.24) is 15.2 Å².